The molecule has 0 aliphatic carbocycles. The Bertz CT molecular complexity index is 1810. The number of carbonyl (C=O) groups is 4. The van der Waals surface area contributed by atoms with Crippen molar-refractivity contribution in [3.8, 4) is 0 Å². The molecule has 0 bridgehead atoms. The summed E-state index contributed by atoms with van der Waals surface area (Å²) in [6, 6.07) is 0. The molecular weight excluding hydrogens is 1220 g/mol. The van der Waals surface area contributed by atoms with Gasteiger partial charge in [-0.05, 0) is 37.5 Å². The van der Waals surface area contributed by atoms with Crippen LogP contribution >= 0.6 is 15.6 Å². The Labute approximate surface area is 568 Å². The average Bonchev–Trinajstić information content (AvgIpc) is 2.97. The van der Waals surface area contributed by atoms with Gasteiger partial charge in [0.2, 0.25) is 0 Å². The quantitative estimate of drug-likeness (QED) is 0.0222. The van der Waals surface area contributed by atoms with E-state index in [0.29, 0.717) is 25.7 Å². The van der Waals surface area contributed by atoms with E-state index in [-0.39, 0.29) is 25.7 Å². The normalized spacial score (nSPS) is 14.3. The minimum atomic E-state index is -4.95. The van der Waals surface area contributed by atoms with Gasteiger partial charge in [-0.2, -0.15) is 0 Å². The van der Waals surface area contributed by atoms with Gasteiger partial charge in [0, 0.05) is 25.7 Å². The van der Waals surface area contributed by atoms with Gasteiger partial charge in [0.15, 0.2) is 12.2 Å². The molecule has 93 heavy (non-hydrogen) atoms. The van der Waals surface area contributed by atoms with Crippen molar-refractivity contribution in [3.63, 3.8) is 0 Å². The zero-order valence-electron chi connectivity index (χ0n) is 60.6. The lowest BCUT2D eigenvalue weighted by Crippen LogP contribution is -2.30. The molecule has 6 atom stereocenters. The molecule has 0 aromatic heterocycles. The van der Waals surface area contributed by atoms with Crippen LogP contribution in [0.1, 0.15) is 382 Å². The Kier molecular flexibility index (Phi) is 64.6. The summed E-state index contributed by atoms with van der Waals surface area (Å²) in [5, 5.41) is 10.6. The molecule has 0 saturated heterocycles. The lowest BCUT2D eigenvalue weighted by molar-refractivity contribution is -0.161. The molecule has 0 saturated carbocycles. The summed E-state index contributed by atoms with van der Waals surface area (Å²) < 4.78 is 68.4. The first-order valence-corrected chi connectivity index (χ1v) is 41.5. The number of aliphatic hydroxyl groups is 1. The summed E-state index contributed by atoms with van der Waals surface area (Å²) in [6.45, 7) is 9.57. The highest BCUT2D eigenvalue weighted by Crippen LogP contribution is 2.45. The number of esters is 4. The average molecular weight is 1370 g/mol. The molecule has 0 aliphatic rings. The lowest BCUT2D eigenvalue weighted by Gasteiger charge is -2.21. The van der Waals surface area contributed by atoms with Crippen LogP contribution in [0, 0.1) is 11.8 Å². The number of ether oxygens (including phenoxy) is 4. The third kappa shape index (κ3) is 67.0. The van der Waals surface area contributed by atoms with E-state index in [9.17, 15) is 43.2 Å². The van der Waals surface area contributed by atoms with Gasteiger partial charge in [0.05, 0.1) is 26.4 Å². The maximum absolute atomic E-state index is 13.1. The van der Waals surface area contributed by atoms with E-state index in [0.717, 1.165) is 108 Å². The van der Waals surface area contributed by atoms with E-state index in [1.807, 2.05) is 0 Å². The highest BCUT2D eigenvalue weighted by atomic mass is 31.2. The van der Waals surface area contributed by atoms with Crippen LogP contribution in [0.4, 0.5) is 0 Å². The van der Waals surface area contributed by atoms with Gasteiger partial charge in [0.1, 0.15) is 19.3 Å². The van der Waals surface area contributed by atoms with Gasteiger partial charge in [-0.25, -0.2) is 9.13 Å². The fourth-order valence-electron chi connectivity index (χ4n) is 11.3. The smallest absolute Gasteiger partial charge is 0.462 e. The van der Waals surface area contributed by atoms with Crippen molar-refractivity contribution in [3.05, 3.63) is 0 Å². The Morgan fingerprint density at radius 3 is 0.817 bits per heavy atom. The van der Waals surface area contributed by atoms with Crippen LogP contribution in [0.3, 0.4) is 0 Å². The van der Waals surface area contributed by atoms with E-state index in [4.69, 9.17) is 37.0 Å². The van der Waals surface area contributed by atoms with E-state index < -0.39 is 97.5 Å². The maximum Gasteiger partial charge on any atom is 0.472 e. The molecule has 17 nitrogen and oxygen atoms in total. The molecule has 0 amide bonds. The Morgan fingerprint density at radius 2 is 0.548 bits per heavy atom. The van der Waals surface area contributed by atoms with Gasteiger partial charge < -0.3 is 33.8 Å². The van der Waals surface area contributed by atoms with Crippen molar-refractivity contribution in [2.24, 2.45) is 11.8 Å². The zero-order chi connectivity index (χ0) is 68.6. The molecule has 0 aromatic carbocycles. The van der Waals surface area contributed by atoms with Gasteiger partial charge in [-0.15, -0.1) is 0 Å². The second-order valence-corrected chi connectivity index (χ2v) is 30.3. The van der Waals surface area contributed by atoms with Crippen molar-refractivity contribution in [2.75, 3.05) is 39.6 Å². The minimum absolute atomic E-state index is 0.106. The lowest BCUT2D eigenvalue weighted by atomic mass is 10.00. The highest BCUT2D eigenvalue weighted by molar-refractivity contribution is 7.47. The van der Waals surface area contributed by atoms with Crippen LogP contribution in [-0.4, -0.2) is 96.7 Å². The standard InChI is InChI=1S/C74H144O17P2/c1-7-10-12-14-16-18-20-25-30-33-37-44-50-56-71(76)84-62-69(90-74(79)59-53-47-39-35-31-27-24-22-21-23-26-29-32-36-42-48-54-66(4)5)64-88-92(80,81)86-60-68(75)61-87-93(82,83)89-65-70(63-85-72(77)57-51-45-41-40-43-49-55-67(6)9-3)91-73(78)58-52-46-38-34-28-19-17-15-13-11-8-2/h66-70,75H,7-65H2,1-6H3,(H,80,81)(H,82,83)/t67?,68-,69-,70-/m1/s1. The number of carbonyl (C=O) groups excluding carboxylic acids is 4. The molecule has 0 spiro atoms. The van der Waals surface area contributed by atoms with Crippen molar-refractivity contribution in [1.82, 2.24) is 0 Å². The summed E-state index contributed by atoms with van der Waals surface area (Å²) >= 11 is 0. The van der Waals surface area contributed by atoms with Crippen LogP contribution in [0.2, 0.25) is 0 Å². The van der Waals surface area contributed by atoms with Crippen LogP contribution in [-0.2, 0) is 65.4 Å². The molecule has 552 valence electrons. The van der Waals surface area contributed by atoms with Crippen molar-refractivity contribution >= 4 is 39.5 Å². The van der Waals surface area contributed by atoms with E-state index in [2.05, 4.69) is 41.5 Å². The molecule has 19 heteroatoms. The maximum atomic E-state index is 13.1. The molecule has 3 unspecified atom stereocenters. The van der Waals surface area contributed by atoms with Crippen LogP contribution in [0.25, 0.3) is 0 Å². The van der Waals surface area contributed by atoms with Crippen molar-refractivity contribution in [2.45, 2.75) is 400 Å². The Balaban J connectivity index is 5.22. The second kappa shape index (κ2) is 66.0. The monoisotopic (exact) mass is 1370 g/mol. The molecule has 0 aromatic rings. The molecule has 0 aliphatic heterocycles. The van der Waals surface area contributed by atoms with E-state index in [1.54, 1.807) is 0 Å². The van der Waals surface area contributed by atoms with Crippen LogP contribution < -0.4 is 0 Å². The minimum Gasteiger partial charge on any atom is -0.462 e. The summed E-state index contributed by atoms with van der Waals surface area (Å²) in [4.78, 5) is 72.7. The molecule has 0 radical (unpaired) electrons. The van der Waals surface area contributed by atoms with Crippen LogP contribution in [0.15, 0.2) is 0 Å². The largest absolute Gasteiger partial charge is 0.472 e. The third-order valence-corrected chi connectivity index (χ3v) is 19.5. The molecular formula is C74H144O17P2. The first kappa shape index (κ1) is 91.1. The Hall–Kier alpha value is -1.94. The second-order valence-electron chi connectivity index (χ2n) is 27.4. The van der Waals surface area contributed by atoms with E-state index in [1.165, 1.54) is 193 Å². The molecule has 3 N–H and O–H groups in total. The first-order chi connectivity index (χ1) is 44.9. The predicted octanol–water partition coefficient (Wildman–Crippen LogP) is 21.6. The van der Waals surface area contributed by atoms with Crippen molar-refractivity contribution < 1.29 is 80.2 Å². The van der Waals surface area contributed by atoms with Gasteiger partial charge in [-0.3, -0.25) is 37.3 Å². The number of unbranched alkanes of at least 4 members (excludes halogenated alkanes) is 42. The van der Waals surface area contributed by atoms with Gasteiger partial charge >= 0.3 is 39.5 Å². The zero-order valence-corrected chi connectivity index (χ0v) is 62.3. The number of hydrogen-bond acceptors (Lipinski definition) is 15. The molecule has 0 heterocycles. The number of hydrogen-bond donors (Lipinski definition) is 3. The van der Waals surface area contributed by atoms with Crippen molar-refractivity contribution in [1.29, 1.82) is 0 Å². The number of phosphoric acid groups is 2. The fraction of sp³-hybridized carbons (Fsp3) is 0.946. The number of rotatable bonds is 73. The summed E-state index contributed by atoms with van der Waals surface area (Å²) in [7, 11) is -9.91. The summed E-state index contributed by atoms with van der Waals surface area (Å²) in [5.41, 5.74) is 0. The number of phosphoric ester groups is 2. The first-order valence-electron chi connectivity index (χ1n) is 38.5. The topological polar surface area (TPSA) is 237 Å². The summed E-state index contributed by atoms with van der Waals surface area (Å²) in [5.74, 6) is -0.577. The Morgan fingerprint density at radius 1 is 0.312 bits per heavy atom. The SMILES string of the molecule is CCCCCCCCCCCCCCCC(=O)OC[C@H](COP(=O)(O)OC[C@@H](O)COP(=O)(O)OC[C@@H](COC(=O)CCCCCCCCC(C)CC)OC(=O)CCCCCCCCCCCCC)OC(=O)CCCCCCCCCCCCCCCCCCC(C)C. The van der Waals surface area contributed by atoms with E-state index >= 15 is 0 Å². The summed E-state index contributed by atoms with van der Waals surface area (Å²) in [6.07, 6.45) is 52.7. The predicted molar refractivity (Wildman–Crippen MR) is 377 cm³/mol. The van der Waals surface area contributed by atoms with Crippen LogP contribution in [0.5, 0.6) is 0 Å². The third-order valence-electron chi connectivity index (χ3n) is 17.6. The van der Waals surface area contributed by atoms with Gasteiger partial charge in [-0.1, -0.05) is 330 Å². The molecule has 0 rings (SSSR count). The fourth-order valence-corrected chi connectivity index (χ4v) is 12.8. The number of aliphatic hydroxyl groups excluding tert-OH is 1. The molecule has 0 fully saturated rings. The highest BCUT2D eigenvalue weighted by Gasteiger charge is 2.30. The van der Waals surface area contributed by atoms with Gasteiger partial charge in [0.25, 0.3) is 0 Å².